The second-order valence-electron chi connectivity index (χ2n) is 7.69. The number of ether oxygens (including phenoxy) is 1. The Morgan fingerprint density at radius 1 is 1.13 bits per heavy atom. The number of amides is 1. The highest BCUT2D eigenvalue weighted by atomic mass is 16.5. The number of nitrogens with zero attached hydrogens (tertiary/aromatic N) is 3. The first-order chi connectivity index (χ1) is 14.6. The number of rotatable bonds is 3. The Labute approximate surface area is 175 Å². The molecule has 152 valence electrons. The van der Waals surface area contributed by atoms with Crippen LogP contribution in [0.3, 0.4) is 0 Å². The van der Waals surface area contributed by atoms with Gasteiger partial charge in [0.15, 0.2) is 6.73 Å². The van der Waals surface area contributed by atoms with Gasteiger partial charge < -0.3 is 15.4 Å². The van der Waals surface area contributed by atoms with Gasteiger partial charge in [0.1, 0.15) is 5.56 Å². The summed E-state index contributed by atoms with van der Waals surface area (Å²) in [5.41, 5.74) is 6.85. The molecule has 1 aromatic heterocycles. The summed E-state index contributed by atoms with van der Waals surface area (Å²) in [6, 6.07) is 12.2. The highest BCUT2D eigenvalue weighted by Crippen LogP contribution is 2.31. The number of hydrogen-bond acceptors (Lipinski definition) is 6. The summed E-state index contributed by atoms with van der Waals surface area (Å²) in [6.07, 6.45) is 2.57. The van der Waals surface area contributed by atoms with E-state index >= 15 is 0 Å². The zero-order valence-electron chi connectivity index (χ0n) is 17.0. The first-order valence-corrected chi connectivity index (χ1v) is 10.1. The van der Waals surface area contributed by atoms with Crippen LogP contribution in [0.2, 0.25) is 0 Å². The monoisotopic (exact) mass is 401 g/mol. The maximum Gasteiger partial charge on any atom is 0.268 e. The molecule has 2 aliphatic heterocycles. The van der Waals surface area contributed by atoms with Gasteiger partial charge >= 0.3 is 0 Å². The molecule has 3 heterocycles. The van der Waals surface area contributed by atoms with Crippen molar-refractivity contribution >= 4 is 23.2 Å². The Morgan fingerprint density at radius 2 is 1.97 bits per heavy atom. The third-order valence-corrected chi connectivity index (χ3v) is 5.62. The van der Waals surface area contributed by atoms with E-state index in [1.807, 2.05) is 38.1 Å². The second kappa shape index (κ2) is 7.42. The first-order valence-electron chi connectivity index (χ1n) is 10.1. The lowest BCUT2D eigenvalue weighted by Gasteiger charge is -2.30. The zero-order valence-corrected chi connectivity index (χ0v) is 17.0. The van der Waals surface area contributed by atoms with Crippen molar-refractivity contribution in [2.24, 2.45) is 0 Å². The summed E-state index contributed by atoms with van der Waals surface area (Å²) in [4.78, 5) is 23.5. The predicted octanol–water partition coefficient (Wildman–Crippen LogP) is 3.48. The minimum Gasteiger partial charge on any atom is -0.455 e. The summed E-state index contributed by atoms with van der Waals surface area (Å²) < 4.78 is 5.84. The predicted molar refractivity (Wildman–Crippen MR) is 115 cm³/mol. The van der Waals surface area contributed by atoms with E-state index in [-0.39, 0.29) is 12.6 Å². The van der Waals surface area contributed by atoms with Crippen molar-refractivity contribution in [2.75, 3.05) is 23.5 Å². The van der Waals surface area contributed by atoms with Crippen LogP contribution in [0.4, 0.5) is 17.3 Å². The van der Waals surface area contributed by atoms with Gasteiger partial charge in [-0.1, -0.05) is 24.3 Å². The molecule has 0 atom stereocenters. The van der Waals surface area contributed by atoms with Gasteiger partial charge in [0.05, 0.1) is 5.69 Å². The van der Waals surface area contributed by atoms with Gasteiger partial charge in [-0.2, -0.15) is 4.98 Å². The smallest absolute Gasteiger partial charge is 0.268 e. The molecule has 1 amide bonds. The van der Waals surface area contributed by atoms with Crippen molar-refractivity contribution < 1.29 is 9.53 Å². The number of carbonyl (C=O) groups is 1. The molecule has 0 saturated carbocycles. The van der Waals surface area contributed by atoms with Gasteiger partial charge in [-0.05, 0) is 61.2 Å². The lowest BCUT2D eigenvalue weighted by atomic mass is 10.0. The van der Waals surface area contributed by atoms with E-state index in [0.717, 1.165) is 42.0 Å². The van der Waals surface area contributed by atoms with Crippen molar-refractivity contribution in [3.8, 4) is 5.88 Å². The fourth-order valence-corrected chi connectivity index (χ4v) is 4.10. The second-order valence-corrected chi connectivity index (χ2v) is 7.69. The molecule has 0 aliphatic carbocycles. The highest BCUT2D eigenvalue weighted by molar-refractivity contribution is 6.09. The largest absolute Gasteiger partial charge is 0.455 e. The quantitative estimate of drug-likeness (QED) is 0.700. The maximum atomic E-state index is 13.1. The Bertz CT molecular complexity index is 1120. The molecule has 7 nitrogen and oxygen atoms in total. The van der Waals surface area contributed by atoms with Gasteiger partial charge in [0.2, 0.25) is 11.8 Å². The van der Waals surface area contributed by atoms with Crippen LogP contribution in [0.25, 0.3) is 0 Å². The summed E-state index contributed by atoms with van der Waals surface area (Å²) in [5, 5.41) is 6.61. The molecule has 3 aromatic rings. The number of nitrogens with one attached hydrogen (secondary N) is 2. The third-order valence-electron chi connectivity index (χ3n) is 5.62. The number of fused-ring (bicyclic) bond motifs is 2. The van der Waals surface area contributed by atoms with Crippen molar-refractivity contribution in [2.45, 2.75) is 26.8 Å². The van der Waals surface area contributed by atoms with E-state index in [0.29, 0.717) is 17.4 Å². The third kappa shape index (κ3) is 3.27. The molecule has 7 heteroatoms. The van der Waals surface area contributed by atoms with Crippen LogP contribution in [0, 0.1) is 13.8 Å². The maximum absolute atomic E-state index is 13.1. The fourth-order valence-electron chi connectivity index (χ4n) is 4.10. The topological polar surface area (TPSA) is 79.4 Å². The molecule has 30 heavy (non-hydrogen) atoms. The molecule has 0 fully saturated rings. The average Bonchev–Trinajstić information content (AvgIpc) is 2.75. The van der Waals surface area contributed by atoms with Crippen LogP contribution in [-0.2, 0) is 13.0 Å². The van der Waals surface area contributed by atoms with Crippen molar-refractivity contribution in [1.29, 1.82) is 0 Å². The molecule has 0 saturated heterocycles. The summed E-state index contributed by atoms with van der Waals surface area (Å²) >= 11 is 0. The number of aryl methyl sites for hydroxylation is 2. The van der Waals surface area contributed by atoms with Crippen LogP contribution < -0.4 is 20.3 Å². The van der Waals surface area contributed by atoms with Crippen molar-refractivity contribution in [3.05, 3.63) is 70.4 Å². The lowest BCUT2D eigenvalue weighted by Crippen LogP contribution is -2.40. The van der Waals surface area contributed by atoms with Crippen molar-refractivity contribution in [3.63, 3.8) is 0 Å². The molecule has 5 rings (SSSR count). The molecular formula is C23H23N5O2. The molecular weight excluding hydrogens is 378 g/mol. The summed E-state index contributed by atoms with van der Waals surface area (Å²) in [5.74, 6) is 0.561. The molecule has 2 aliphatic rings. The molecule has 0 radical (unpaired) electrons. The molecule has 2 aromatic carbocycles. The van der Waals surface area contributed by atoms with Crippen LogP contribution in [0.1, 0.15) is 32.6 Å². The summed E-state index contributed by atoms with van der Waals surface area (Å²) in [6.45, 7) is 5.98. The number of benzene rings is 2. The van der Waals surface area contributed by atoms with E-state index in [9.17, 15) is 4.79 Å². The average molecular weight is 401 g/mol. The number of hydrogen-bond donors (Lipinski definition) is 2. The van der Waals surface area contributed by atoms with Crippen molar-refractivity contribution in [1.82, 2.24) is 15.3 Å². The van der Waals surface area contributed by atoms with Gasteiger partial charge in [0, 0.05) is 18.4 Å². The Kier molecular flexibility index (Phi) is 4.59. The van der Waals surface area contributed by atoms with E-state index in [1.54, 1.807) is 4.90 Å². The Morgan fingerprint density at radius 3 is 2.80 bits per heavy atom. The number of aromatic nitrogens is 2. The number of anilines is 3. The number of carbonyl (C=O) groups excluding carboxylic acids is 1. The normalized spacial score (nSPS) is 15.3. The molecule has 2 N–H and O–H groups in total. The van der Waals surface area contributed by atoms with Gasteiger partial charge in [-0.15, -0.1) is 0 Å². The SMILES string of the molecule is Cc1cccc(C)c1N1COc2nc(Nc3ccc4c(c3)CNCC4)ncc2C1=O. The molecule has 0 bridgehead atoms. The van der Waals surface area contributed by atoms with Gasteiger partial charge in [0.25, 0.3) is 5.91 Å². The minimum absolute atomic E-state index is 0.124. The van der Waals surface area contributed by atoms with E-state index < -0.39 is 0 Å². The Balaban J connectivity index is 1.40. The summed E-state index contributed by atoms with van der Waals surface area (Å²) in [7, 11) is 0. The van der Waals surface area contributed by atoms with E-state index in [4.69, 9.17) is 4.74 Å². The molecule has 0 unspecified atom stereocenters. The standard InChI is InChI=1S/C23H23N5O2/c1-14-4-3-5-15(2)20(14)28-13-30-21-19(22(28)29)12-25-23(27-21)26-18-7-6-16-8-9-24-11-17(16)10-18/h3-7,10,12,24H,8-9,11,13H2,1-2H3,(H,25,26,27). The number of para-hydroxylation sites is 1. The zero-order chi connectivity index (χ0) is 20.7. The van der Waals surface area contributed by atoms with Crippen LogP contribution in [0.5, 0.6) is 5.88 Å². The Hall–Kier alpha value is -3.45. The van der Waals surface area contributed by atoms with Gasteiger partial charge in [-0.25, -0.2) is 4.98 Å². The van der Waals surface area contributed by atoms with E-state index in [2.05, 4.69) is 32.7 Å². The lowest BCUT2D eigenvalue weighted by molar-refractivity contribution is 0.0932. The van der Waals surface area contributed by atoms with Crippen LogP contribution in [-0.4, -0.2) is 29.2 Å². The van der Waals surface area contributed by atoms with E-state index in [1.165, 1.54) is 17.3 Å². The minimum atomic E-state index is -0.153. The van der Waals surface area contributed by atoms with Crippen LogP contribution in [0.15, 0.2) is 42.6 Å². The highest BCUT2D eigenvalue weighted by Gasteiger charge is 2.30. The first kappa shape index (κ1) is 18.6. The fraction of sp³-hybridized carbons (Fsp3) is 0.261. The van der Waals surface area contributed by atoms with Crippen LogP contribution >= 0.6 is 0 Å². The molecule has 0 spiro atoms. The van der Waals surface area contributed by atoms with Gasteiger partial charge in [-0.3, -0.25) is 9.69 Å².